The summed E-state index contributed by atoms with van der Waals surface area (Å²) in [7, 11) is 0. The van der Waals surface area contributed by atoms with E-state index in [1.807, 2.05) is 0 Å². The van der Waals surface area contributed by atoms with E-state index in [0.717, 1.165) is 12.8 Å². The van der Waals surface area contributed by atoms with Gasteiger partial charge in [0.05, 0.1) is 0 Å². The number of nitrogens with zero attached hydrogens (tertiary/aromatic N) is 2. The van der Waals surface area contributed by atoms with Gasteiger partial charge in [0.1, 0.15) is 0 Å². The minimum atomic E-state index is 0.984. The van der Waals surface area contributed by atoms with Gasteiger partial charge in [-0.05, 0) is 12.8 Å². The summed E-state index contributed by atoms with van der Waals surface area (Å²) in [6, 6.07) is 0. The van der Waals surface area contributed by atoms with Crippen LogP contribution in [0.1, 0.15) is 26.2 Å². The summed E-state index contributed by atoms with van der Waals surface area (Å²) in [5.41, 5.74) is 0. The van der Waals surface area contributed by atoms with Gasteiger partial charge in [-0.1, -0.05) is 19.9 Å². The smallest absolute Gasteiger partial charge is 0.0343 e. The van der Waals surface area contributed by atoms with Gasteiger partial charge < -0.3 is 0 Å². The minimum absolute atomic E-state index is 0.984. The monoisotopic (exact) mass is 141 g/mol. The van der Waals surface area contributed by atoms with Gasteiger partial charge in [-0.3, -0.25) is 0 Å². The van der Waals surface area contributed by atoms with E-state index in [4.69, 9.17) is 5.84 Å². The SMILES string of the molecule is C=CN(N)N=CCCCC. The molecule has 0 saturated heterocycles. The van der Waals surface area contributed by atoms with Crippen LogP contribution in [0.15, 0.2) is 17.9 Å². The average Bonchev–Trinajstić information content (AvgIpc) is 1.98. The van der Waals surface area contributed by atoms with Gasteiger partial charge in [-0.25, -0.2) is 11.0 Å². The Hall–Kier alpha value is -0.830. The molecule has 0 unspecified atom stereocenters. The van der Waals surface area contributed by atoms with E-state index in [1.165, 1.54) is 17.7 Å². The predicted molar refractivity (Wildman–Crippen MR) is 44.2 cm³/mol. The molecule has 0 atom stereocenters. The molecule has 0 spiro atoms. The molecule has 0 aliphatic carbocycles. The molecule has 0 rings (SSSR count). The Morgan fingerprint density at radius 3 is 2.90 bits per heavy atom. The van der Waals surface area contributed by atoms with E-state index in [0.29, 0.717) is 0 Å². The Kier molecular flexibility index (Phi) is 5.77. The fraction of sp³-hybridized carbons (Fsp3) is 0.571. The van der Waals surface area contributed by atoms with Crippen LogP contribution in [-0.4, -0.2) is 11.3 Å². The highest BCUT2D eigenvalue weighted by molar-refractivity contribution is 5.56. The van der Waals surface area contributed by atoms with Crippen LogP contribution in [-0.2, 0) is 0 Å². The summed E-state index contributed by atoms with van der Waals surface area (Å²) in [5.74, 6) is 5.27. The van der Waals surface area contributed by atoms with Gasteiger partial charge in [0, 0.05) is 12.4 Å². The summed E-state index contributed by atoms with van der Waals surface area (Å²) in [6.45, 7) is 5.59. The third-order valence-corrected chi connectivity index (χ3v) is 1.09. The summed E-state index contributed by atoms with van der Waals surface area (Å²) >= 11 is 0. The largest absolute Gasteiger partial charge is 0.227 e. The number of nitrogens with two attached hydrogens (primary N) is 1. The zero-order valence-corrected chi connectivity index (χ0v) is 6.45. The van der Waals surface area contributed by atoms with Crippen molar-refractivity contribution in [3.63, 3.8) is 0 Å². The van der Waals surface area contributed by atoms with Crippen molar-refractivity contribution in [3.05, 3.63) is 12.8 Å². The summed E-state index contributed by atoms with van der Waals surface area (Å²) < 4.78 is 0. The molecular formula is C7H15N3. The highest BCUT2D eigenvalue weighted by Crippen LogP contribution is 1.90. The minimum Gasteiger partial charge on any atom is -0.227 e. The van der Waals surface area contributed by atoms with E-state index in [1.54, 1.807) is 6.21 Å². The van der Waals surface area contributed by atoms with E-state index in [2.05, 4.69) is 18.6 Å². The van der Waals surface area contributed by atoms with Crippen LogP contribution in [0.4, 0.5) is 0 Å². The molecule has 0 amide bonds. The standard InChI is InChI=1S/C7H15N3/c1-3-5-6-7-9-10(8)4-2/h4,7H,2-3,5-6,8H2,1H3. The molecule has 0 aliphatic rings. The molecule has 3 nitrogen and oxygen atoms in total. The Bertz CT molecular complexity index is 109. The second-order valence-corrected chi connectivity index (χ2v) is 2.00. The number of hydrogen-bond acceptors (Lipinski definition) is 3. The maximum Gasteiger partial charge on any atom is 0.0343 e. The molecule has 0 aromatic heterocycles. The first kappa shape index (κ1) is 9.17. The Morgan fingerprint density at radius 1 is 1.70 bits per heavy atom. The van der Waals surface area contributed by atoms with Crippen molar-refractivity contribution in [2.45, 2.75) is 26.2 Å². The second-order valence-electron chi connectivity index (χ2n) is 2.00. The van der Waals surface area contributed by atoms with Gasteiger partial charge in [0.25, 0.3) is 0 Å². The predicted octanol–water partition coefficient (Wildman–Crippen LogP) is 1.48. The first-order valence-corrected chi connectivity index (χ1v) is 3.50. The quantitative estimate of drug-likeness (QED) is 0.273. The number of rotatable bonds is 5. The molecule has 10 heavy (non-hydrogen) atoms. The molecule has 2 N–H and O–H groups in total. The van der Waals surface area contributed by atoms with Crippen LogP contribution in [0.2, 0.25) is 0 Å². The second kappa shape index (κ2) is 6.29. The molecule has 3 heteroatoms. The van der Waals surface area contributed by atoms with Crippen molar-refractivity contribution >= 4 is 6.21 Å². The Labute approximate surface area is 62.2 Å². The highest BCUT2D eigenvalue weighted by Gasteiger charge is 1.80. The molecule has 0 aromatic carbocycles. The molecule has 0 heterocycles. The van der Waals surface area contributed by atoms with Crippen LogP contribution in [0, 0.1) is 0 Å². The lowest BCUT2D eigenvalue weighted by atomic mass is 10.3. The van der Waals surface area contributed by atoms with E-state index in [9.17, 15) is 0 Å². The lowest BCUT2D eigenvalue weighted by molar-refractivity contribution is 0.422. The highest BCUT2D eigenvalue weighted by atomic mass is 15.6. The zero-order valence-electron chi connectivity index (χ0n) is 6.45. The fourth-order valence-corrected chi connectivity index (χ4v) is 0.495. The topological polar surface area (TPSA) is 41.6 Å². The number of hydrazine groups is 1. The van der Waals surface area contributed by atoms with Crippen LogP contribution < -0.4 is 5.84 Å². The van der Waals surface area contributed by atoms with Crippen molar-refractivity contribution in [1.82, 2.24) is 5.12 Å². The van der Waals surface area contributed by atoms with Crippen LogP contribution in [0.5, 0.6) is 0 Å². The zero-order chi connectivity index (χ0) is 7.82. The third kappa shape index (κ3) is 5.31. The van der Waals surface area contributed by atoms with Crippen molar-refractivity contribution in [1.29, 1.82) is 0 Å². The normalized spacial score (nSPS) is 10.2. The maximum absolute atomic E-state index is 5.27. The molecule has 0 bridgehead atoms. The average molecular weight is 141 g/mol. The van der Waals surface area contributed by atoms with Crippen LogP contribution in [0.3, 0.4) is 0 Å². The van der Waals surface area contributed by atoms with Gasteiger partial charge in [0.2, 0.25) is 0 Å². The summed E-state index contributed by atoms with van der Waals surface area (Å²) in [4.78, 5) is 0. The number of hydrogen-bond donors (Lipinski definition) is 1. The Balaban J connectivity index is 3.26. The van der Waals surface area contributed by atoms with E-state index in [-0.39, 0.29) is 0 Å². The van der Waals surface area contributed by atoms with Crippen LogP contribution >= 0.6 is 0 Å². The lowest BCUT2D eigenvalue weighted by Gasteiger charge is -2.02. The summed E-state index contributed by atoms with van der Waals surface area (Å²) in [6.07, 6.45) is 6.59. The molecule has 0 fully saturated rings. The van der Waals surface area contributed by atoms with Crippen molar-refractivity contribution < 1.29 is 0 Å². The van der Waals surface area contributed by atoms with E-state index >= 15 is 0 Å². The van der Waals surface area contributed by atoms with Gasteiger partial charge in [0.15, 0.2) is 0 Å². The molecule has 0 aromatic rings. The van der Waals surface area contributed by atoms with Crippen molar-refractivity contribution in [3.8, 4) is 0 Å². The third-order valence-electron chi connectivity index (χ3n) is 1.09. The molecule has 0 aliphatic heterocycles. The lowest BCUT2D eigenvalue weighted by Crippen LogP contribution is -2.17. The van der Waals surface area contributed by atoms with Crippen LogP contribution in [0.25, 0.3) is 0 Å². The molecular weight excluding hydrogens is 126 g/mol. The first-order valence-electron chi connectivity index (χ1n) is 3.50. The van der Waals surface area contributed by atoms with Gasteiger partial charge >= 0.3 is 0 Å². The van der Waals surface area contributed by atoms with Crippen molar-refractivity contribution in [2.24, 2.45) is 10.9 Å². The van der Waals surface area contributed by atoms with E-state index < -0.39 is 0 Å². The molecule has 58 valence electrons. The number of hydrazone groups is 1. The first-order chi connectivity index (χ1) is 4.81. The molecule has 0 radical (unpaired) electrons. The fourth-order valence-electron chi connectivity index (χ4n) is 0.495. The Morgan fingerprint density at radius 2 is 2.40 bits per heavy atom. The van der Waals surface area contributed by atoms with Gasteiger partial charge in [-0.2, -0.15) is 5.10 Å². The molecule has 0 saturated carbocycles. The van der Waals surface area contributed by atoms with Gasteiger partial charge in [-0.15, -0.1) is 0 Å². The maximum atomic E-state index is 5.27. The number of unbranched alkanes of at least 4 members (excludes halogenated alkanes) is 2. The summed E-state index contributed by atoms with van der Waals surface area (Å²) in [5, 5.41) is 5.05. The van der Waals surface area contributed by atoms with Crippen molar-refractivity contribution in [2.75, 3.05) is 0 Å².